The maximum atomic E-state index is 13.4. The molecular weight excluding hydrogens is 477 g/mol. The molecule has 11 heteroatoms. The van der Waals surface area contributed by atoms with Crippen LogP contribution in [0.15, 0.2) is 59.6 Å². The summed E-state index contributed by atoms with van der Waals surface area (Å²) in [6, 6.07) is 9.64. The van der Waals surface area contributed by atoms with Crippen molar-refractivity contribution < 1.29 is 18.4 Å². The van der Waals surface area contributed by atoms with E-state index in [1.54, 1.807) is 16.8 Å². The number of rotatable bonds is 6. The molecule has 1 N–H and O–H groups in total. The van der Waals surface area contributed by atoms with Gasteiger partial charge in [0.1, 0.15) is 6.17 Å². The number of amides is 1. The summed E-state index contributed by atoms with van der Waals surface area (Å²) in [7, 11) is 0. The number of nitrogens with zero attached hydrogens (tertiary/aromatic N) is 6. The van der Waals surface area contributed by atoms with Crippen molar-refractivity contribution in [2.75, 3.05) is 18.5 Å². The lowest BCUT2D eigenvalue weighted by Crippen LogP contribution is -2.30. The fraction of sp³-hybridized carbons (Fsp3) is 0.269. The number of carbonyl (C=O) groups excluding carboxylic acids is 1. The molecule has 4 aromatic heterocycles. The number of carbonyl (C=O) groups is 1. The summed E-state index contributed by atoms with van der Waals surface area (Å²) < 4.78 is 27.4. The van der Waals surface area contributed by atoms with E-state index in [1.807, 2.05) is 54.5 Å². The van der Waals surface area contributed by atoms with Gasteiger partial charge in [-0.3, -0.25) is 9.48 Å². The summed E-state index contributed by atoms with van der Waals surface area (Å²) in [5, 5.41) is 15.8. The van der Waals surface area contributed by atoms with Gasteiger partial charge in [0.25, 0.3) is 5.91 Å². The van der Waals surface area contributed by atoms with Crippen LogP contribution in [-0.4, -0.2) is 54.8 Å². The SMILES string of the molecule is Cc1ccc(-c2noc([C@H]3C[C@@H]3F)n2)cc1NC(=O)c1cnn2ccc(-c3cnn(C4COC4)c3)cc12. The van der Waals surface area contributed by atoms with E-state index in [1.165, 1.54) is 0 Å². The summed E-state index contributed by atoms with van der Waals surface area (Å²) in [6.07, 6.45) is 6.68. The summed E-state index contributed by atoms with van der Waals surface area (Å²) >= 11 is 0. The normalized spacial score (nSPS) is 19.2. The standard InChI is InChI=1S/C26H22FN7O3/c1-14-2-3-16(24-31-26(37-32-24)19-8-21(19)27)6-22(14)30-25(35)20-10-29-33-5-4-15(7-23(20)33)17-9-28-34(11-17)18-12-36-13-18/h2-7,9-11,18-19,21H,8,12-13H2,1H3,(H,30,35)/t19-,21-/m0/s1. The molecule has 37 heavy (non-hydrogen) atoms. The van der Waals surface area contributed by atoms with Gasteiger partial charge in [0.15, 0.2) is 0 Å². The van der Waals surface area contributed by atoms with Crippen LogP contribution in [0, 0.1) is 6.92 Å². The molecule has 186 valence electrons. The highest BCUT2D eigenvalue weighted by Crippen LogP contribution is 2.43. The molecule has 1 amide bonds. The molecule has 2 aliphatic rings. The van der Waals surface area contributed by atoms with E-state index in [0.717, 1.165) is 16.7 Å². The Morgan fingerprint density at radius 1 is 1.11 bits per heavy atom. The molecule has 1 aliphatic carbocycles. The first-order valence-corrected chi connectivity index (χ1v) is 12.0. The first-order chi connectivity index (χ1) is 18.0. The lowest BCUT2D eigenvalue weighted by Gasteiger charge is -2.25. The molecule has 0 bridgehead atoms. The number of aryl methyl sites for hydroxylation is 1. The topological polar surface area (TPSA) is 112 Å². The van der Waals surface area contributed by atoms with Crippen LogP contribution in [0.4, 0.5) is 10.1 Å². The number of nitrogens with one attached hydrogen (secondary N) is 1. The van der Waals surface area contributed by atoms with Gasteiger partial charge in [-0.2, -0.15) is 15.2 Å². The van der Waals surface area contributed by atoms with Crippen LogP contribution >= 0.6 is 0 Å². The third kappa shape index (κ3) is 3.87. The van der Waals surface area contributed by atoms with Crippen LogP contribution in [-0.2, 0) is 4.74 Å². The summed E-state index contributed by atoms with van der Waals surface area (Å²) in [4.78, 5) is 17.7. The lowest BCUT2D eigenvalue weighted by molar-refractivity contribution is -0.0286. The van der Waals surface area contributed by atoms with E-state index in [-0.39, 0.29) is 17.9 Å². The zero-order valence-corrected chi connectivity index (χ0v) is 19.8. The number of fused-ring (bicyclic) bond motifs is 1. The van der Waals surface area contributed by atoms with Crippen molar-refractivity contribution >= 4 is 17.1 Å². The van der Waals surface area contributed by atoms with Crippen molar-refractivity contribution in [2.45, 2.75) is 31.5 Å². The van der Waals surface area contributed by atoms with Gasteiger partial charge in [-0.1, -0.05) is 17.3 Å². The lowest BCUT2D eigenvalue weighted by atomic mass is 10.1. The molecular formula is C26H22FN7O3. The molecule has 0 radical (unpaired) electrons. The summed E-state index contributed by atoms with van der Waals surface area (Å²) in [5.74, 6) is 0.0660. The highest BCUT2D eigenvalue weighted by Gasteiger charge is 2.43. The number of ether oxygens (including phenoxy) is 1. The highest BCUT2D eigenvalue weighted by atomic mass is 19.1. The number of hydrogen-bond donors (Lipinski definition) is 1. The van der Waals surface area contributed by atoms with E-state index in [0.29, 0.717) is 53.7 Å². The minimum Gasteiger partial charge on any atom is -0.377 e. The molecule has 7 rings (SSSR count). The van der Waals surface area contributed by atoms with Crippen molar-refractivity contribution in [3.63, 3.8) is 0 Å². The second kappa shape index (κ2) is 8.34. The second-order valence-electron chi connectivity index (χ2n) is 9.50. The van der Waals surface area contributed by atoms with E-state index < -0.39 is 6.17 Å². The number of halogens is 1. The van der Waals surface area contributed by atoms with Crippen molar-refractivity contribution in [3.8, 4) is 22.5 Å². The first-order valence-electron chi connectivity index (χ1n) is 12.0. The van der Waals surface area contributed by atoms with Gasteiger partial charge in [-0.15, -0.1) is 0 Å². The average Bonchev–Trinajstić information content (AvgIpc) is 3.29. The number of anilines is 1. The van der Waals surface area contributed by atoms with Crippen LogP contribution < -0.4 is 5.32 Å². The smallest absolute Gasteiger partial charge is 0.259 e. The highest BCUT2D eigenvalue weighted by molar-refractivity contribution is 6.09. The Morgan fingerprint density at radius 2 is 1.97 bits per heavy atom. The van der Waals surface area contributed by atoms with Crippen molar-refractivity contribution in [1.82, 2.24) is 29.5 Å². The van der Waals surface area contributed by atoms with E-state index in [2.05, 4.69) is 25.7 Å². The Morgan fingerprint density at radius 3 is 2.76 bits per heavy atom. The largest absolute Gasteiger partial charge is 0.377 e. The number of aromatic nitrogens is 6. The Labute approximate surface area is 210 Å². The van der Waals surface area contributed by atoms with Gasteiger partial charge in [-0.25, -0.2) is 8.91 Å². The minimum absolute atomic E-state index is 0.265. The van der Waals surface area contributed by atoms with E-state index >= 15 is 0 Å². The minimum atomic E-state index is -0.916. The van der Waals surface area contributed by atoms with Gasteiger partial charge in [0.05, 0.1) is 48.6 Å². The maximum absolute atomic E-state index is 13.4. The number of alkyl halides is 1. The predicted molar refractivity (Wildman–Crippen MR) is 131 cm³/mol. The first kappa shape index (κ1) is 21.9. The molecule has 10 nitrogen and oxygen atoms in total. The van der Waals surface area contributed by atoms with Gasteiger partial charge < -0.3 is 14.6 Å². The van der Waals surface area contributed by atoms with Gasteiger partial charge >= 0.3 is 0 Å². The fourth-order valence-electron chi connectivity index (χ4n) is 4.41. The third-order valence-electron chi connectivity index (χ3n) is 6.91. The molecule has 0 spiro atoms. The summed E-state index contributed by atoms with van der Waals surface area (Å²) in [5.41, 5.74) is 5.16. The Kier molecular flexibility index (Phi) is 4.93. The van der Waals surface area contributed by atoms with Crippen molar-refractivity contribution in [2.24, 2.45) is 0 Å². The Bertz CT molecular complexity index is 1650. The molecule has 1 saturated heterocycles. The average molecular weight is 500 g/mol. The third-order valence-corrected chi connectivity index (χ3v) is 6.91. The maximum Gasteiger partial charge on any atom is 0.259 e. The predicted octanol–water partition coefficient (Wildman–Crippen LogP) is 4.21. The molecule has 1 aromatic carbocycles. The van der Waals surface area contributed by atoms with Crippen LogP contribution in [0.1, 0.15) is 40.2 Å². The van der Waals surface area contributed by atoms with Crippen LogP contribution in [0.5, 0.6) is 0 Å². The summed E-state index contributed by atoms with van der Waals surface area (Å²) in [6.45, 7) is 3.23. The van der Waals surface area contributed by atoms with Crippen LogP contribution in [0.25, 0.3) is 28.0 Å². The van der Waals surface area contributed by atoms with Gasteiger partial charge in [-0.05, 0) is 42.7 Å². The molecule has 0 unspecified atom stereocenters. The molecule has 2 fully saturated rings. The molecule has 1 saturated carbocycles. The Hall–Kier alpha value is -4.38. The quantitative estimate of drug-likeness (QED) is 0.373. The molecule has 1 aliphatic heterocycles. The van der Waals surface area contributed by atoms with E-state index in [9.17, 15) is 9.18 Å². The monoisotopic (exact) mass is 499 g/mol. The Balaban J connectivity index is 1.15. The fourth-order valence-corrected chi connectivity index (χ4v) is 4.41. The zero-order valence-electron chi connectivity index (χ0n) is 19.8. The van der Waals surface area contributed by atoms with Crippen molar-refractivity contribution in [1.29, 1.82) is 0 Å². The molecule has 5 aromatic rings. The molecule has 2 atom stereocenters. The molecule has 5 heterocycles. The second-order valence-corrected chi connectivity index (χ2v) is 9.50. The van der Waals surface area contributed by atoms with Crippen LogP contribution in [0.3, 0.4) is 0 Å². The number of benzene rings is 1. The van der Waals surface area contributed by atoms with Crippen LogP contribution in [0.2, 0.25) is 0 Å². The number of hydrogen-bond acceptors (Lipinski definition) is 7. The zero-order chi connectivity index (χ0) is 25.1. The van der Waals surface area contributed by atoms with Gasteiger partial charge in [0.2, 0.25) is 11.7 Å². The number of pyridine rings is 1. The van der Waals surface area contributed by atoms with E-state index in [4.69, 9.17) is 9.26 Å². The van der Waals surface area contributed by atoms with Crippen molar-refractivity contribution in [3.05, 3.63) is 72.1 Å². The van der Waals surface area contributed by atoms with Gasteiger partial charge in [0, 0.05) is 29.2 Å².